The molecule has 16 heavy (non-hydrogen) atoms. The number of esters is 1. The molecular weight excluding hydrogens is 229 g/mol. The molecule has 0 radical (unpaired) electrons. The van der Waals surface area contributed by atoms with Crippen LogP contribution >= 0.6 is 0 Å². The molecule has 0 aromatic rings. The highest BCUT2D eigenvalue weighted by Crippen LogP contribution is 2.32. The second-order valence-electron chi connectivity index (χ2n) is 3.29. The average Bonchev–Trinajstić information content (AvgIpc) is 1.98. The van der Waals surface area contributed by atoms with Crippen LogP contribution < -0.4 is 0 Å². The van der Waals surface area contributed by atoms with Crippen LogP contribution in [0.4, 0.5) is 13.2 Å². The lowest BCUT2D eigenvalue weighted by molar-refractivity contribution is -0.160. The number of ether oxygens (including phenoxy) is 1. The lowest BCUT2D eigenvalue weighted by Crippen LogP contribution is -2.24. The minimum Gasteiger partial charge on any atom is -0.478 e. The average molecular weight is 240 g/mol. The van der Waals surface area contributed by atoms with Crippen molar-refractivity contribution in [3.8, 4) is 0 Å². The Morgan fingerprint density at radius 1 is 1.25 bits per heavy atom. The fourth-order valence-electron chi connectivity index (χ4n) is 1.02. The first kappa shape index (κ1) is 14.5. The molecule has 0 atom stereocenters. The summed E-state index contributed by atoms with van der Waals surface area (Å²) in [6, 6.07) is 0. The number of carbonyl (C=O) groups excluding carboxylic acids is 1. The van der Waals surface area contributed by atoms with E-state index in [4.69, 9.17) is 5.11 Å². The molecule has 0 aliphatic heterocycles. The summed E-state index contributed by atoms with van der Waals surface area (Å²) in [7, 11) is 0. The van der Waals surface area contributed by atoms with Crippen molar-refractivity contribution in [2.24, 2.45) is 5.92 Å². The summed E-state index contributed by atoms with van der Waals surface area (Å²) in [5.41, 5.74) is -0.970. The second kappa shape index (κ2) is 5.00. The van der Waals surface area contributed by atoms with E-state index in [0.717, 1.165) is 6.92 Å². The Balaban J connectivity index is 5.65. The number of halogens is 3. The van der Waals surface area contributed by atoms with E-state index in [9.17, 15) is 22.8 Å². The van der Waals surface area contributed by atoms with Crippen molar-refractivity contribution in [1.82, 2.24) is 0 Å². The maximum atomic E-state index is 12.5. The van der Waals surface area contributed by atoms with Crippen LogP contribution in [-0.2, 0) is 14.3 Å². The van der Waals surface area contributed by atoms with Crippen molar-refractivity contribution in [1.29, 1.82) is 0 Å². The topological polar surface area (TPSA) is 63.6 Å². The quantitative estimate of drug-likeness (QED) is 0.466. The van der Waals surface area contributed by atoms with Crippen LogP contribution in [0.1, 0.15) is 20.8 Å². The predicted octanol–water partition coefficient (Wildman–Crippen LogP) is 2.11. The summed E-state index contributed by atoms with van der Waals surface area (Å²) in [5, 5.41) is 8.64. The largest absolute Gasteiger partial charge is 0.478 e. The Kier molecular flexibility index (Phi) is 4.52. The van der Waals surface area contributed by atoms with Gasteiger partial charge in [-0.15, -0.1) is 0 Å². The van der Waals surface area contributed by atoms with Crippen molar-refractivity contribution in [3.63, 3.8) is 0 Å². The van der Waals surface area contributed by atoms with Gasteiger partial charge < -0.3 is 9.84 Å². The molecule has 0 rings (SSSR count). The van der Waals surface area contributed by atoms with Crippen LogP contribution in [0.15, 0.2) is 11.3 Å². The van der Waals surface area contributed by atoms with Crippen molar-refractivity contribution in [2.75, 3.05) is 0 Å². The number of hydrogen-bond acceptors (Lipinski definition) is 3. The van der Waals surface area contributed by atoms with E-state index in [0.29, 0.717) is 0 Å². The summed E-state index contributed by atoms with van der Waals surface area (Å²) in [6.45, 7) is 3.29. The Morgan fingerprint density at radius 2 is 1.69 bits per heavy atom. The number of carboxylic acids is 1. The fourth-order valence-corrected chi connectivity index (χ4v) is 1.02. The molecule has 0 saturated heterocycles. The molecule has 0 heterocycles. The van der Waals surface area contributed by atoms with Gasteiger partial charge in [0.05, 0.1) is 5.57 Å². The summed E-state index contributed by atoms with van der Waals surface area (Å²) in [4.78, 5) is 21.2. The van der Waals surface area contributed by atoms with Gasteiger partial charge in [0.2, 0.25) is 5.76 Å². The van der Waals surface area contributed by atoms with Crippen LogP contribution in [0.2, 0.25) is 0 Å². The highest BCUT2D eigenvalue weighted by atomic mass is 19.4. The molecule has 0 aliphatic rings. The van der Waals surface area contributed by atoms with E-state index in [1.807, 2.05) is 0 Å². The lowest BCUT2D eigenvalue weighted by atomic mass is 10.0. The summed E-state index contributed by atoms with van der Waals surface area (Å²) >= 11 is 0. The lowest BCUT2D eigenvalue weighted by Gasteiger charge is -2.16. The molecule has 0 aromatic carbocycles. The number of carbonyl (C=O) groups is 2. The van der Waals surface area contributed by atoms with Crippen LogP contribution in [0.3, 0.4) is 0 Å². The zero-order chi connectivity index (χ0) is 13.1. The van der Waals surface area contributed by atoms with E-state index in [1.165, 1.54) is 13.8 Å². The van der Waals surface area contributed by atoms with Crippen molar-refractivity contribution in [2.45, 2.75) is 26.9 Å². The standard InChI is InChI=1S/C9H11F3O4/c1-4(2)6(8(14)15)7(9(10,11)12)16-5(3)13/h4H,1-3H3,(H,14,15)/b7-6+. The van der Waals surface area contributed by atoms with E-state index >= 15 is 0 Å². The molecule has 0 spiro atoms. The molecule has 4 nitrogen and oxygen atoms in total. The van der Waals surface area contributed by atoms with E-state index in [-0.39, 0.29) is 0 Å². The monoisotopic (exact) mass is 240 g/mol. The second-order valence-corrected chi connectivity index (χ2v) is 3.29. The third-order valence-electron chi connectivity index (χ3n) is 1.56. The summed E-state index contributed by atoms with van der Waals surface area (Å²) < 4.78 is 41.3. The van der Waals surface area contributed by atoms with Gasteiger partial charge in [0.25, 0.3) is 0 Å². The molecule has 7 heteroatoms. The van der Waals surface area contributed by atoms with Crippen molar-refractivity contribution in [3.05, 3.63) is 11.3 Å². The maximum absolute atomic E-state index is 12.5. The van der Waals surface area contributed by atoms with Gasteiger partial charge in [-0.05, 0) is 5.92 Å². The van der Waals surface area contributed by atoms with Gasteiger partial charge in [0, 0.05) is 6.92 Å². The van der Waals surface area contributed by atoms with Gasteiger partial charge in [-0.3, -0.25) is 4.79 Å². The summed E-state index contributed by atoms with van der Waals surface area (Å²) in [6.07, 6.45) is -5.01. The van der Waals surface area contributed by atoms with E-state index in [2.05, 4.69) is 4.74 Å². The number of aliphatic carboxylic acids is 1. The summed E-state index contributed by atoms with van der Waals surface area (Å²) in [5.74, 6) is -5.66. The Labute approximate surface area is 89.7 Å². The van der Waals surface area contributed by atoms with Gasteiger partial charge in [-0.2, -0.15) is 13.2 Å². The number of alkyl halides is 3. The van der Waals surface area contributed by atoms with Gasteiger partial charge in [0.15, 0.2) is 0 Å². The molecule has 0 amide bonds. The van der Waals surface area contributed by atoms with Gasteiger partial charge in [0.1, 0.15) is 0 Å². The van der Waals surface area contributed by atoms with Crippen LogP contribution in [0, 0.1) is 5.92 Å². The Morgan fingerprint density at radius 3 is 1.88 bits per heavy atom. The molecule has 0 bridgehead atoms. The van der Waals surface area contributed by atoms with Crippen LogP contribution in [-0.4, -0.2) is 23.2 Å². The zero-order valence-electron chi connectivity index (χ0n) is 8.88. The first-order chi connectivity index (χ1) is 7.07. The molecular formula is C9H11F3O4. The number of rotatable bonds is 3. The predicted molar refractivity (Wildman–Crippen MR) is 47.3 cm³/mol. The van der Waals surface area contributed by atoms with E-state index < -0.39 is 35.4 Å². The molecule has 0 saturated carbocycles. The Bertz CT molecular complexity index is 328. The number of allylic oxidation sites excluding steroid dienone is 1. The molecule has 0 fully saturated rings. The maximum Gasteiger partial charge on any atom is 0.450 e. The third-order valence-corrected chi connectivity index (χ3v) is 1.56. The highest BCUT2D eigenvalue weighted by molar-refractivity contribution is 5.88. The molecule has 1 N–H and O–H groups in total. The van der Waals surface area contributed by atoms with Crippen molar-refractivity contribution < 1.29 is 32.6 Å². The van der Waals surface area contributed by atoms with Crippen molar-refractivity contribution >= 4 is 11.9 Å². The first-order valence-electron chi connectivity index (χ1n) is 4.30. The van der Waals surface area contributed by atoms with Gasteiger partial charge in [-0.1, -0.05) is 13.8 Å². The molecule has 0 aromatic heterocycles. The molecule has 0 aliphatic carbocycles. The van der Waals surface area contributed by atoms with Gasteiger partial charge in [-0.25, -0.2) is 4.79 Å². The smallest absolute Gasteiger partial charge is 0.450 e. The Hall–Kier alpha value is -1.53. The minimum absolute atomic E-state index is 0.769. The number of hydrogen-bond donors (Lipinski definition) is 1. The SMILES string of the molecule is CC(=O)O/C(=C(/C(=O)O)C(C)C)C(F)(F)F. The van der Waals surface area contributed by atoms with Crippen LogP contribution in [0.25, 0.3) is 0 Å². The minimum atomic E-state index is -5.01. The third kappa shape index (κ3) is 3.92. The number of carboxylic acid groups (broad SMARTS) is 1. The molecule has 0 unspecified atom stereocenters. The highest BCUT2D eigenvalue weighted by Gasteiger charge is 2.42. The van der Waals surface area contributed by atoms with Gasteiger partial charge >= 0.3 is 18.1 Å². The van der Waals surface area contributed by atoms with Crippen LogP contribution in [0.5, 0.6) is 0 Å². The fraction of sp³-hybridized carbons (Fsp3) is 0.556. The first-order valence-corrected chi connectivity index (χ1v) is 4.30. The van der Waals surface area contributed by atoms with E-state index in [1.54, 1.807) is 0 Å². The molecule has 92 valence electrons. The zero-order valence-corrected chi connectivity index (χ0v) is 8.88. The normalized spacial score (nSPS) is 13.4.